The van der Waals surface area contributed by atoms with Gasteiger partial charge in [0.2, 0.25) is 0 Å². The van der Waals surface area contributed by atoms with Crippen LogP contribution < -0.4 is 0 Å². The second-order valence-corrected chi connectivity index (χ2v) is 5.82. The Morgan fingerprint density at radius 1 is 0.708 bits per heavy atom. The molecule has 0 aliphatic heterocycles. The Bertz CT molecular complexity index is 1050. The largest absolute Gasteiger partial charge is 0.316 e. The fraction of sp³-hybridized carbons (Fsp3) is 0.0435. The van der Waals surface area contributed by atoms with E-state index in [0.29, 0.717) is 0 Å². The molecule has 1 nitrogen and oxygen atoms in total. The molecule has 0 atom stereocenters. The van der Waals surface area contributed by atoms with Gasteiger partial charge < -0.3 is 4.57 Å². The van der Waals surface area contributed by atoms with E-state index in [1.54, 1.807) is 0 Å². The van der Waals surface area contributed by atoms with Crippen molar-refractivity contribution in [3.63, 3.8) is 0 Å². The summed E-state index contributed by atoms with van der Waals surface area (Å²) in [6.45, 7) is 2.03. The van der Waals surface area contributed by atoms with Crippen molar-refractivity contribution < 1.29 is 0 Å². The maximum Gasteiger partial charge on any atom is 0.0541 e. The first kappa shape index (κ1) is 14.5. The number of hydrogen-bond acceptors (Lipinski definition) is 0. The van der Waals surface area contributed by atoms with Gasteiger partial charge >= 0.3 is 0 Å². The van der Waals surface area contributed by atoms with E-state index in [-0.39, 0.29) is 0 Å². The van der Waals surface area contributed by atoms with Crippen LogP contribution in [0.25, 0.3) is 39.1 Å². The van der Waals surface area contributed by atoms with Gasteiger partial charge in [0.25, 0.3) is 0 Å². The average molecular weight is 309 g/mol. The van der Waals surface area contributed by atoms with Gasteiger partial charge in [-0.25, -0.2) is 0 Å². The molecule has 0 N–H and O–H groups in total. The van der Waals surface area contributed by atoms with Crippen molar-refractivity contribution in [3.05, 3.63) is 91.0 Å². The van der Waals surface area contributed by atoms with Crippen molar-refractivity contribution in [2.45, 2.75) is 6.92 Å². The van der Waals surface area contributed by atoms with E-state index < -0.39 is 0 Å². The molecule has 24 heavy (non-hydrogen) atoms. The van der Waals surface area contributed by atoms with E-state index in [0.717, 1.165) is 0 Å². The fourth-order valence-corrected chi connectivity index (χ4v) is 3.31. The van der Waals surface area contributed by atoms with E-state index in [4.69, 9.17) is 0 Å². The topological polar surface area (TPSA) is 4.93 Å². The predicted octanol–water partition coefficient (Wildman–Crippen LogP) is 6.51. The van der Waals surface area contributed by atoms with Crippen LogP contribution in [0.3, 0.4) is 0 Å². The average Bonchev–Trinajstić information content (AvgIpc) is 2.97. The molecular weight excluding hydrogens is 290 g/mol. The molecule has 0 saturated heterocycles. The van der Waals surface area contributed by atoms with Gasteiger partial charge in [-0.05, 0) is 36.3 Å². The quantitative estimate of drug-likeness (QED) is 0.380. The molecule has 116 valence electrons. The predicted molar refractivity (Wildman–Crippen MR) is 105 cm³/mol. The summed E-state index contributed by atoms with van der Waals surface area (Å²) >= 11 is 0. The third-order valence-electron chi connectivity index (χ3n) is 4.36. The van der Waals surface area contributed by atoms with Gasteiger partial charge in [-0.3, -0.25) is 0 Å². The summed E-state index contributed by atoms with van der Waals surface area (Å²) in [7, 11) is 0. The number of rotatable bonds is 3. The summed E-state index contributed by atoms with van der Waals surface area (Å²) < 4.78 is 2.27. The molecule has 0 spiro atoms. The van der Waals surface area contributed by atoms with Crippen LogP contribution in [0, 0.1) is 0 Å². The van der Waals surface area contributed by atoms with Crippen LogP contribution in [-0.2, 0) is 0 Å². The number of nitrogens with zero attached hydrogens (tertiary/aromatic N) is 1. The van der Waals surface area contributed by atoms with E-state index in [9.17, 15) is 0 Å². The molecule has 1 aromatic heterocycles. The van der Waals surface area contributed by atoms with Crippen LogP contribution in [0.15, 0.2) is 91.0 Å². The van der Waals surface area contributed by atoms with Crippen LogP contribution in [0.5, 0.6) is 0 Å². The van der Waals surface area contributed by atoms with Crippen molar-refractivity contribution in [1.82, 2.24) is 4.57 Å². The second kappa shape index (κ2) is 6.21. The Balaban J connectivity index is 2.10. The highest BCUT2D eigenvalue weighted by Gasteiger charge is 2.12. The normalized spacial score (nSPS) is 12.0. The van der Waals surface area contributed by atoms with Gasteiger partial charge in [0.15, 0.2) is 0 Å². The van der Waals surface area contributed by atoms with E-state index >= 15 is 0 Å². The van der Waals surface area contributed by atoms with E-state index in [2.05, 4.69) is 95.7 Å². The van der Waals surface area contributed by atoms with Gasteiger partial charge in [-0.1, -0.05) is 72.8 Å². The zero-order valence-electron chi connectivity index (χ0n) is 13.7. The zero-order valence-corrected chi connectivity index (χ0v) is 13.7. The standard InChI is InChI=1S/C23H19N/c1-2-3-9-17-24-21-15-8-7-13-20(21)23-19(14-10-16-22(23)24)18-11-5-4-6-12-18/h2-17H,1H3/b3-2-,17-9+. The number of hydrogen-bond donors (Lipinski definition) is 0. The molecule has 0 saturated carbocycles. The third-order valence-corrected chi connectivity index (χ3v) is 4.36. The van der Waals surface area contributed by atoms with Crippen LogP contribution in [0.2, 0.25) is 0 Å². The van der Waals surface area contributed by atoms with Crippen LogP contribution in [0.4, 0.5) is 0 Å². The van der Waals surface area contributed by atoms with Crippen molar-refractivity contribution in [2.24, 2.45) is 0 Å². The number of allylic oxidation sites excluding steroid dienone is 3. The number of para-hydroxylation sites is 1. The van der Waals surface area contributed by atoms with Gasteiger partial charge in [-0.15, -0.1) is 0 Å². The maximum absolute atomic E-state index is 2.27. The maximum atomic E-state index is 2.27. The zero-order chi connectivity index (χ0) is 16.4. The molecular formula is C23H19N. The second-order valence-electron chi connectivity index (χ2n) is 5.82. The molecule has 1 heterocycles. The highest BCUT2D eigenvalue weighted by atomic mass is 14.9. The number of fused-ring (bicyclic) bond motifs is 3. The minimum absolute atomic E-state index is 1.23. The van der Waals surface area contributed by atoms with E-state index in [1.807, 2.05) is 13.0 Å². The van der Waals surface area contributed by atoms with Crippen molar-refractivity contribution in [1.29, 1.82) is 0 Å². The molecule has 0 amide bonds. The molecule has 0 unspecified atom stereocenters. The summed E-state index contributed by atoms with van der Waals surface area (Å²) in [5, 5.41) is 2.60. The molecule has 0 bridgehead atoms. The first-order chi connectivity index (χ1) is 11.9. The molecule has 0 radical (unpaired) electrons. The monoisotopic (exact) mass is 309 g/mol. The molecule has 3 aromatic carbocycles. The molecule has 0 fully saturated rings. The van der Waals surface area contributed by atoms with Crippen molar-refractivity contribution in [2.75, 3.05) is 0 Å². The smallest absolute Gasteiger partial charge is 0.0541 e. The molecule has 1 heteroatoms. The van der Waals surface area contributed by atoms with Crippen LogP contribution in [0.1, 0.15) is 6.92 Å². The minimum Gasteiger partial charge on any atom is -0.316 e. The van der Waals surface area contributed by atoms with Gasteiger partial charge in [0.05, 0.1) is 11.0 Å². The van der Waals surface area contributed by atoms with Gasteiger partial charge in [-0.2, -0.15) is 0 Å². The lowest BCUT2D eigenvalue weighted by molar-refractivity contribution is 1.29. The van der Waals surface area contributed by atoms with Gasteiger partial charge in [0.1, 0.15) is 0 Å². The minimum atomic E-state index is 1.23. The lowest BCUT2D eigenvalue weighted by Gasteiger charge is -2.05. The van der Waals surface area contributed by atoms with E-state index in [1.165, 1.54) is 32.9 Å². The summed E-state index contributed by atoms with van der Waals surface area (Å²) in [6.07, 6.45) is 8.32. The Hall–Kier alpha value is -3.06. The number of benzene rings is 3. The number of aromatic nitrogens is 1. The first-order valence-corrected chi connectivity index (χ1v) is 8.26. The van der Waals surface area contributed by atoms with Gasteiger partial charge in [0, 0.05) is 17.0 Å². The molecule has 4 rings (SSSR count). The third kappa shape index (κ3) is 2.35. The summed E-state index contributed by atoms with van der Waals surface area (Å²) in [5.41, 5.74) is 5.00. The Labute approximate surface area is 142 Å². The Morgan fingerprint density at radius 2 is 1.46 bits per heavy atom. The fourth-order valence-electron chi connectivity index (χ4n) is 3.31. The lowest BCUT2D eigenvalue weighted by Crippen LogP contribution is -1.85. The Morgan fingerprint density at radius 3 is 2.29 bits per heavy atom. The summed E-state index contributed by atoms with van der Waals surface area (Å²) in [6, 6.07) is 25.8. The van der Waals surface area contributed by atoms with Crippen LogP contribution in [-0.4, -0.2) is 4.57 Å². The summed E-state index contributed by atoms with van der Waals surface area (Å²) in [4.78, 5) is 0. The Kier molecular flexibility index (Phi) is 3.76. The van der Waals surface area contributed by atoms with Crippen molar-refractivity contribution >= 4 is 28.0 Å². The summed E-state index contributed by atoms with van der Waals surface area (Å²) in [5.74, 6) is 0. The highest BCUT2D eigenvalue weighted by molar-refractivity contribution is 6.15. The SMILES string of the molecule is C/C=C\C=C\n1c2ccccc2c2c(-c3ccccc3)cccc21. The molecule has 0 aliphatic rings. The van der Waals surface area contributed by atoms with Crippen molar-refractivity contribution in [3.8, 4) is 11.1 Å². The molecule has 0 aliphatic carbocycles. The lowest BCUT2D eigenvalue weighted by atomic mass is 10.00. The molecule has 4 aromatic rings. The highest BCUT2D eigenvalue weighted by Crippen LogP contribution is 2.36. The van der Waals surface area contributed by atoms with Crippen LogP contribution >= 0.6 is 0 Å². The first-order valence-electron chi connectivity index (χ1n) is 8.26.